The quantitative estimate of drug-likeness (QED) is 0.570. The van der Waals surface area contributed by atoms with Gasteiger partial charge in [-0.3, -0.25) is 14.6 Å². The lowest BCUT2D eigenvalue weighted by atomic mass is 10.0. The normalized spacial score (nSPS) is 33.4. The minimum absolute atomic E-state index is 0. The summed E-state index contributed by atoms with van der Waals surface area (Å²) < 4.78 is 0. The van der Waals surface area contributed by atoms with Gasteiger partial charge in [0.15, 0.2) is 6.17 Å². The molecule has 4 heteroatoms. The lowest BCUT2D eigenvalue weighted by Crippen LogP contribution is -3.08. The van der Waals surface area contributed by atoms with Crippen LogP contribution < -0.4 is 17.3 Å². The highest BCUT2D eigenvalue weighted by Gasteiger charge is 2.69. The smallest absolute Gasteiger partial charge is 0.235 e. The van der Waals surface area contributed by atoms with Gasteiger partial charge in [-0.05, 0) is 10.8 Å². The van der Waals surface area contributed by atoms with Gasteiger partial charge in [-0.1, -0.05) is 27.7 Å². The maximum Gasteiger partial charge on any atom is 0.235 e. The number of nitrogens with one attached hydrogen (secondary N) is 1. The fourth-order valence-electron chi connectivity index (χ4n) is 2.91. The molecule has 0 radical (unpaired) electrons. The molecule has 1 aliphatic heterocycles. The molecular formula is C13H23ClN2O. The van der Waals surface area contributed by atoms with Crippen LogP contribution in [0.2, 0.25) is 0 Å². The highest BCUT2D eigenvalue weighted by molar-refractivity contribution is 5.85. The summed E-state index contributed by atoms with van der Waals surface area (Å²) in [6, 6.07) is 0. The maximum atomic E-state index is 12.5. The monoisotopic (exact) mass is 258 g/mol. The van der Waals surface area contributed by atoms with E-state index < -0.39 is 0 Å². The Morgan fingerprint density at radius 1 is 1.24 bits per heavy atom. The van der Waals surface area contributed by atoms with Crippen molar-refractivity contribution in [2.24, 2.45) is 16.7 Å². The van der Waals surface area contributed by atoms with E-state index in [-0.39, 0.29) is 41.2 Å². The van der Waals surface area contributed by atoms with Crippen LogP contribution in [0.1, 0.15) is 34.6 Å². The highest BCUT2D eigenvalue weighted by atomic mass is 35.5. The molecule has 1 aliphatic carbocycles. The van der Waals surface area contributed by atoms with Crippen LogP contribution >= 0.6 is 0 Å². The molecule has 1 heterocycles. The third-order valence-electron chi connectivity index (χ3n) is 5.10. The van der Waals surface area contributed by atoms with Crippen molar-refractivity contribution in [3.05, 3.63) is 12.4 Å². The molecule has 2 atom stereocenters. The van der Waals surface area contributed by atoms with Crippen molar-refractivity contribution in [1.82, 2.24) is 4.90 Å². The van der Waals surface area contributed by atoms with E-state index in [1.807, 2.05) is 17.3 Å². The molecule has 0 spiro atoms. The molecular weight excluding hydrogens is 236 g/mol. The van der Waals surface area contributed by atoms with Gasteiger partial charge < -0.3 is 12.4 Å². The summed E-state index contributed by atoms with van der Waals surface area (Å²) in [6.07, 6.45) is 4.22. The minimum Gasteiger partial charge on any atom is -1.00 e. The molecule has 0 bridgehead atoms. The number of hydrogen-bond acceptors (Lipinski definition) is 1. The summed E-state index contributed by atoms with van der Waals surface area (Å²) in [4.78, 5) is 15.6. The standard InChI is InChI=1S/C13H22N2O.ClH/c1-9-14(6)7-8-15(9)11(16)10-12(2,3)13(10,4)5;/h7-10H,1-6H3;1H. The van der Waals surface area contributed by atoms with Crippen molar-refractivity contribution in [3.8, 4) is 0 Å². The molecule has 98 valence electrons. The van der Waals surface area contributed by atoms with E-state index in [1.54, 1.807) is 0 Å². The second-order valence-corrected chi connectivity index (χ2v) is 6.36. The molecule has 1 fully saturated rings. The summed E-state index contributed by atoms with van der Waals surface area (Å²) in [6.45, 7) is 10.9. The third-order valence-corrected chi connectivity index (χ3v) is 5.10. The molecule has 17 heavy (non-hydrogen) atoms. The van der Waals surface area contributed by atoms with Crippen LogP contribution in [0, 0.1) is 16.7 Å². The van der Waals surface area contributed by atoms with Gasteiger partial charge in [0.05, 0.1) is 13.2 Å². The van der Waals surface area contributed by atoms with Gasteiger partial charge in [0.25, 0.3) is 0 Å². The first kappa shape index (κ1) is 14.5. The van der Waals surface area contributed by atoms with Crippen LogP contribution in [0.3, 0.4) is 0 Å². The van der Waals surface area contributed by atoms with Gasteiger partial charge in [0, 0.05) is 12.8 Å². The zero-order chi connectivity index (χ0) is 12.3. The van der Waals surface area contributed by atoms with E-state index in [4.69, 9.17) is 0 Å². The average molecular weight is 259 g/mol. The lowest BCUT2D eigenvalue weighted by Gasteiger charge is -2.21. The summed E-state index contributed by atoms with van der Waals surface area (Å²) in [5, 5.41) is 0. The number of quaternary nitrogens is 1. The van der Waals surface area contributed by atoms with Crippen LogP contribution in [0.5, 0.6) is 0 Å². The number of hydrogen-bond donors (Lipinski definition) is 1. The van der Waals surface area contributed by atoms with Gasteiger partial charge in [-0.15, -0.1) is 0 Å². The Balaban J connectivity index is 0.00000144. The van der Waals surface area contributed by atoms with Crippen molar-refractivity contribution in [3.63, 3.8) is 0 Å². The second-order valence-electron chi connectivity index (χ2n) is 6.36. The van der Waals surface area contributed by atoms with E-state index in [9.17, 15) is 4.79 Å². The van der Waals surface area contributed by atoms with Crippen molar-refractivity contribution in [2.45, 2.75) is 40.8 Å². The number of nitrogens with zero attached hydrogens (tertiary/aromatic N) is 1. The average Bonchev–Trinajstić information content (AvgIpc) is 2.40. The molecule has 0 aromatic rings. The first-order valence-electron chi connectivity index (χ1n) is 6.05. The zero-order valence-corrected chi connectivity index (χ0v) is 12.3. The molecule has 1 amide bonds. The molecule has 2 unspecified atom stereocenters. The minimum atomic E-state index is 0. The van der Waals surface area contributed by atoms with Gasteiger partial charge in [-0.25, -0.2) is 0 Å². The van der Waals surface area contributed by atoms with Gasteiger partial charge in [0.2, 0.25) is 5.91 Å². The van der Waals surface area contributed by atoms with Crippen LogP contribution in [0.15, 0.2) is 12.4 Å². The summed E-state index contributed by atoms with van der Waals surface area (Å²) in [5.41, 5.74) is 0.266. The Morgan fingerprint density at radius 2 is 1.71 bits per heavy atom. The molecule has 1 saturated carbocycles. The Morgan fingerprint density at radius 3 is 2.00 bits per heavy atom. The molecule has 1 N–H and O–H groups in total. The fraction of sp³-hybridized carbons (Fsp3) is 0.769. The molecule has 2 rings (SSSR count). The van der Waals surface area contributed by atoms with E-state index >= 15 is 0 Å². The van der Waals surface area contributed by atoms with Crippen molar-refractivity contribution in [2.75, 3.05) is 7.05 Å². The fourth-order valence-corrected chi connectivity index (χ4v) is 2.91. The molecule has 0 aromatic heterocycles. The predicted molar refractivity (Wildman–Crippen MR) is 63.4 cm³/mol. The Labute approximate surface area is 110 Å². The topological polar surface area (TPSA) is 24.8 Å². The SMILES string of the molecule is CC1N(C(=O)C2C(C)(C)C2(C)C)C=C[NH+]1C.[Cl-]. The van der Waals surface area contributed by atoms with E-state index in [1.165, 1.54) is 4.90 Å². The summed E-state index contributed by atoms with van der Waals surface area (Å²) >= 11 is 0. The van der Waals surface area contributed by atoms with E-state index in [0.29, 0.717) is 0 Å². The van der Waals surface area contributed by atoms with Crippen molar-refractivity contribution < 1.29 is 22.1 Å². The maximum absolute atomic E-state index is 12.5. The first-order valence-corrected chi connectivity index (χ1v) is 6.05. The van der Waals surface area contributed by atoms with Crippen LogP contribution in [0.25, 0.3) is 0 Å². The van der Waals surface area contributed by atoms with E-state index in [0.717, 1.165) is 0 Å². The summed E-state index contributed by atoms with van der Waals surface area (Å²) in [7, 11) is 2.08. The Hall–Kier alpha value is -0.540. The number of carbonyl (C=O) groups excluding carboxylic acids is 1. The summed E-state index contributed by atoms with van der Waals surface area (Å²) in [5.74, 6) is 0.452. The molecule has 0 aromatic carbocycles. The van der Waals surface area contributed by atoms with Crippen molar-refractivity contribution in [1.29, 1.82) is 0 Å². The van der Waals surface area contributed by atoms with Gasteiger partial charge >= 0.3 is 0 Å². The van der Waals surface area contributed by atoms with Gasteiger partial charge in [-0.2, -0.15) is 0 Å². The Bertz CT molecular complexity index is 348. The number of carbonyl (C=O) groups is 1. The van der Waals surface area contributed by atoms with Crippen LogP contribution in [0.4, 0.5) is 0 Å². The number of amides is 1. The predicted octanol–water partition coefficient (Wildman–Crippen LogP) is -2.15. The largest absolute Gasteiger partial charge is 1.00 e. The molecule has 2 aliphatic rings. The third kappa shape index (κ3) is 1.80. The number of rotatable bonds is 1. The Kier molecular flexibility index (Phi) is 3.41. The second kappa shape index (κ2) is 3.99. The van der Waals surface area contributed by atoms with Crippen LogP contribution in [-0.4, -0.2) is 24.0 Å². The highest BCUT2D eigenvalue weighted by Crippen LogP contribution is 2.68. The van der Waals surface area contributed by atoms with E-state index in [2.05, 4.69) is 41.7 Å². The van der Waals surface area contributed by atoms with Crippen molar-refractivity contribution >= 4 is 5.91 Å². The van der Waals surface area contributed by atoms with Gasteiger partial charge in [0.1, 0.15) is 6.20 Å². The first-order chi connectivity index (χ1) is 7.21. The molecule has 0 saturated heterocycles. The number of halogens is 1. The molecule has 3 nitrogen and oxygen atoms in total. The lowest BCUT2D eigenvalue weighted by molar-refractivity contribution is -0.853. The zero-order valence-electron chi connectivity index (χ0n) is 11.5. The van der Waals surface area contributed by atoms with Crippen LogP contribution in [-0.2, 0) is 4.79 Å².